The lowest BCUT2D eigenvalue weighted by atomic mass is 10.4. The molecule has 3 heteroatoms. The lowest BCUT2D eigenvalue weighted by Gasteiger charge is -1.79. The van der Waals surface area contributed by atoms with Crippen molar-refractivity contribution in [2.24, 2.45) is 5.73 Å². The smallest absolute Gasteiger partial charge is 0.0575 e. The molecule has 0 aromatic carbocycles. The summed E-state index contributed by atoms with van der Waals surface area (Å²) in [5.41, 5.74) is 6.21. The highest BCUT2D eigenvalue weighted by Crippen LogP contribution is 1.92. The summed E-state index contributed by atoms with van der Waals surface area (Å²) in [6.07, 6.45) is 5.47. The predicted octanol–water partition coefficient (Wildman–Crippen LogP) is 0.382. The standard InChI is InChI=1S/C6H9N3/c7-4-1-2-6-3-5-8-9-6/h1-3,5H,4,7H2,(H,8,9). The Labute approximate surface area is 53.6 Å². The molecule has 0 radical (unpaired) electrons. The monoisotopic (exact) mass is 123 g/mol. The highest BCUT2D eigenvalue weighted by molar-refractivity contribution is 5.43. The van der Waals surface area contributed by atoms with E-state index in [0.717, 1.165) is 5.69 Å². The summed E-state index contributed by atoms with van der Waals surface area (Å²) in [5.74, 6) is 0. The number of aromatic amines is 1. The van der Waals surface area contributed by atoms with Crippen LogP contribution in [0.5, 0.6) is 0 Å². The Kier molecular flexibility index (Phi) is 2.04. The lowest BCUT2D eigenvalue weighted by Crippen LogP contribution is -1.91. The molecule has 0 atom stereocenters. The number of nitrogens with zero attached hydrogens (tertiary/aromatic N) is 1. The van der Waals surface area contributed by atoms with Crippen LogP contribution in [0.2, 0.25) is 0 Å². The van der Waals surface area contributed by atoms with E-state index >= 15 is 0 Å². The number of H-pyrrole nitrogens is 1. The van der Waals surface area contributed by atoms with Crippen LogP contribution in [-0.2, 0) is 0 Å². The average molecular weight is 123 g/mol. The van der Waals surface area contributed by atoms with Crippen molar-refractivity contribution in [3.63, 3.8) is 0 Å². The van der Waals surface area contributed by atoms with Gasteiger partial charge in [0, 0.05) is 12.7 Å². The molecule has 0 unspecified atom stereocenters. The quantitative estimate of drug-likeness (QED) is 0.597. The van der Waals surface area contributed by atoms with E-state index in [4.69, 9.17) is 5.73 Å². The summed E-state index contributed by atoms with van der Waals surface area (Å²) in [4.78, 5) is 0. The molecular weight excluding hydrogens is 114 g/mol. The highest BCUT2D eigenvalue weighted by Gasteiger charge is 1.81. The van der Waals surface area contributed by atoms with Gasteiger partial charge >= 0.3 is 0 Å². The normalized spacial score (nSPS) is 10.8. The van der Waals surface area contributed by atoms with Crippen LogP contribution in [0.3, 0.4) is 0 Å². The van der Waals surface area contributed by atoms with Crippen molar-refractivity contribution in [1.29, 1.82) is 0 Å². The summed E-state index contributed by atoms with van der Waals surface area (Å²) in [5, 5.41) is 6.54. The number of nitrogens with one attached hydrogen (secondary N) is 1. The fraction of sp³-hybridized carbons (Fsp3) is 0.167. The molecule has 48 valence electrons. The van der Waals surface area contributed by atoms with Gasteiger partial charge in [-0.15, -0.1) is 0 Å². The minimum atomic E-state index is 0.568. The number of hydrogen-bond acceptors (Lipinski definition) is 2. The van der Waals surface area contributed by atoms with Gasteiger partial charge in [-0.1, -0.05) is 6.08 Å². The van der Waals surface area contributed by atoms with Gasteiger partial charge in [-0.2, -0.15) is 5.10 Å². The Morgan fingerprint density at radius 2 is 2.67 bits per heavy atom. The van der Waals surface area contributed by atoms with Crippen molar-refractivity contribution in [1.82, 2.24) is 10.2 Å². The van der Waals surface area contributed by atoms with E-state index in [9.17, 15) is 0 Å². The minimum absolute atomic E-state index is 0.568. The van der Waals surface area contributed by atoms with Crippen LogP contribution in [0.15, 0.2) is 18.3 Å². The second-order valence-corrected chi connectivity index (χ2v) is 1.65. The summed E-state index contributed by atoms with van der Waals surface area (Å²) in [6.45, 7) is 0.568. The van der Waals surface area contributed by atoms with Crippen molar-refractivity contribution >= 4 is 6.08 Å². The molecule has 0 fully saturated rings. The van der Waals surface area contributed by atoms with Crippen LogP contribution in [0.4, 0.5) is 0 Å². The zero-order valence-corrected chi connectivity index (χ0v) is 5.04. The molecule has 0 aliphatic heterocycles. The number of nitrogens with two attached hydrogens (primary N) is 1. The average Bonchev–Trinajstić information content (AvgIpc) is 2.34. The van der Waals surface area contributed by atoms with Gasteiger partial charge in [-0.25, -0.2) is 0 Å². The van der Waals surface area contributed by atoms with Crippen LogP contribution >= 0.6 is 0 Å². The zero-order valence-electron chi connectivity index (χ0n) is 5.04. The molecular formula is C6H9N3. The highest BCUT2D eigenvalue weighted by atomic mass is 15.1. The summed E-state index contributed by atoms with van der Waals surface area (Å²) in [6, 6.07) is 1.88. The summed E-state index contributed by atoms with van der Waals surface area (Å²) in [7, 11) is 0. The largest absolute Gasteiger partial charge is 0.327 e. The number of rotatable bonds is 2. The molecule has 0 saturated heterocycles. The molecule has 1 aromatic rings. The molecule has 0 amide bonds. The maximum Gasteiger partial charge on any atom is 0.0575 e. The fourth-order valence-electron chi connectivity index (χ4n) is 0.554. The van der Waals surface area contributed by atoms with Crippen molar-refractivity contribution in [3.8, 4) is 0 Å². The van der Waals surface area contributed by atoms with E-state index in [-0.39, 0.29) is 0 Å². The molecule has 0 bridgehead atoms. The first kappa shape index (κ1) is 6.04. The number of hydrogen-bond donors (Lipinski definition) is 2. The van der Waals surface area contributed by atoms with E-state index in [1.165, 1.54) is 0 Å². The molecule has 1 aromatic heterocycles. The van der Waals surface area contributed by atoms with Crippen molar-refractivity contribution in [3.05, 3.63) is 24.0 Å². The van der Waals surface area contributed by atoms with Crippen molar-refractivity contribution in [2.75, 3.05) is 6.54 Å². The predicted molar refractivity (Wildman–Crippen MR) is 36.7 cm³/mol. The molecule has 0 aliphatic rings. The number of aromatic nitrogens is 2. The van der Waals surface area contributed by atoms with Crippen molar-refractivity contribution < 1.29 is 0 Å². The molecule has 0 spiro atoms. The van der Waals surface area contributed by atoms with Gasteiger partial charge in [0.1, 0.15) is 0 Å². The molecule has 1 rings (SSSR count). The summed E-state index contributed by atoms with van der Waals surface area (Å²) >= 11 is 0. The van der Waals surface area contributed by atoms with E-state index < -0.39 is 0 Å². The third-order valence-corrected chi connectivity index (χ3v) is 0.956. The van der Waals surface area contributed by atoms with Gasteiger partial charge in [0.2, 0.25) is 0 Å². The Bertz CT molecular complexity index is 176. The molecule has 9 heavy (non-hydrogen) atoms. The molecule has 1 heterocycles. The van der Waals surface area contributed by atoms with Gasteiger partial charge in [0.25, 0.3) is 0 Å². The van der Waals surface area contributed by atoms with Crippen LogP contribution in [0, 0.1) is 0 Å². The van der Waals surface area contributed by atoms with Gasteiger partial charge in [0.05, 0.1) is 5.69 Å². The molecule has 3 N–H and O–H groups in total. The fourth-order valence-corrected chi connectivity index (χ4v) is 0.554. The second kappa shape index (κ2) is 3.04. The second-order valence-electron chi connectivity index (χ2n) is 1.65. The SMILES string of the molecule is NCC=Cc1ccn[nH]1. The van der Waals surface area contributed by atoms with Crippen LogP contribution in [0.1, 0.15) is 5.69 Å². The summed E-state index contributed by atoms with van der Waals surface area (Å²) < 4.78 is 0. The van der Waals surface area contributed by atoms with E-state index in [0.29, 0.717) is 6.54 Å². The first-order valence-corrected chi connectivity index (χ1v) is 2.79. The Balaban J connectivity index is 2.57. The van der Waals surface area contributed by atoms with E-state index in [2.05, 4.69) is 10.2 Å². The Morgan fingerprint density at radius 1 is 1.78 bits per heavy atom. The first-order chi connectivity index (χ1) is 4.43. The van der Waals surface area contributed by atoms with Crippen LogP contribution in [-0.4, -0.2) is 16.7 Å². The van der Waals surface area contributed by atoms with Gasteiger partial charge in [-0.05, 0) is 12.1 Å². The first-order valence-electron chi connectivity index (χ1n) is 2.79. The Morgan fingerprint density at radius 3 is 3.22 bits per heavy atom. The zero-order chi connectivity index (χ0) is 6.53. The molecule has 3 nitrogen and oxygen atoms in total. The Hall–Kier alpha value is -1.09. The van der Waals surface area contributed by atoms with E-state index in [1.54, 1.807) is 6.20 Å². The van der Waals surface area contributed by atoms with Gasteiger partial charge in [-0.3, -0.25) is 5.10 Å². The van der Waals surface area contributed by atoms with Gasteiger partial charge < -0.3 is 5.73 Å². The van der Waals surface area contributed by atoms with Crippen molar-refractivity contribution in [2.45, 2.75) is 0 Å². The molecule has 0 saturated carbocycles. The minimum Gasteiger partial charge on any atom is -0.327 e. The van der Waals surface area contributed by atoms with Gasteiger partial charge in [0.15, 0.2) is 0 Å². The third-order valence-electron chi connectivity index (χ3n) is 0.956. The van der Waals surface area contributed by atoms with Crippen LogP contribution in [0.25, 0.3) is 6.08 Å². The maximum atomic E-state index is 5.22. The topological polar surface area (TPSA) is 54.7 Å². The third kappa shape index (κ3) is 1.70. The maximum absolute atomic E-state index is 5.22. The van der Waals surface area contributed by atoms with E-state index in [1.807, 2.05) is 18.2 Å². The van der Waals surface area contributed by atoms with Crippen LogP contribution < -0.4 is 5.73 Å². The lowest BCUT2D eigenvalue weighted by molar-refractivity contribution is 1.08. The molecule has 0 aliphatic carbocycles.